The second-order valence-corrected chi connectivity index (χ2v) is 4.56. The molecule has 18 heavy (non-hydrogen) atoms. The zero-order valence-electron chi connectivity index (χ0n) is 10.4. The second-order valence-electron chi connectivity index (χ2n) is 4.56. The van der Waals surface area contributed by atoms with Gasteiger partial charge in [0, 0.05) is 19.3 Å². The molecule has 2 rings (SSSR count). The third kappa shape index (κ3) is 3.26. The standard InChI is InChI=1S/C13H17FN2O2/c1-9(10-5-7-18-8-6-10)15-13(17)11-3-2-4-12(14)16-11/h2-4,9-10H,5-8H2,1H3,(H,15,17). The fourth-order valence-electron chi connectivity index (χ4n) is 2.15. The minimum absolute atomic E-state index is 0.0477. The number of nitrogens with zero attached hydrogens (tertiary/aromatic N) is 1. The van der Waals surface area contributed by atoms with Crippen LogP contribution in [0.1, 0.15) is 30.3 Å². The van der Waals surface area contributed by atoms with Gasteiger partial charge in [-0.1, -0.05) is 6.07 Å². The normalized spacial score (nSPS) is 18.3. The number of carbonyl (C=O) groups is 1. The molecular formula is C13H17FN2O2. The van der Waals surface area contributed by atoms with E-state index in [9.17, 15) is 9.18 Å². The van der Waals surface area contributed by atoms with Crippen LogP contribution in [-0.4, -0.2) is 30.1 Å². The first-order valence-corrected chi connectivity index (χ1v) is 6.18. The van der Waals surface area contributed by atoms with E-state index in [0.717, 1.165) is 26.1 Å². The van der Waals surface area contributed by atoms with Gasteiger partial charge in [0.15, 0.2) is 0 Å². The fraction of sp³-hybridized carbons (Fsp3) is 0.538. The molecule has 1 saturated heterocycles. The van der Waals surface area contributed by atoms with Crippen molar-refractivity contribution in [1.82, 2.24) is 10.3 Å². The number of hydrogen-bond donors (Lipinski definition) is 1. The van der Waals surface area contributed by atoms with Crippen molar-refractivity contribution in [1.29, 1.82) is 0 Å². The summed E-state index contributed by atoms with van der Waals surface area (Å²) in [5.41, 5.74) is 0.119. The van der Waals surface area contributed by atoms with Gasteiger partial charge in [-0.15, -0.1) is 0 Å². The van der Waals surface area contributed by atoms with Gasteiger partial charge in [0.1, 0.15) is 5.69 Å². The molecule has 5 heteroatoms. The lowest BCUT2D eigenvalue weighted by molar-refractivity contribution is 0.0537. The van der Waals surface area contributed by atoms with E-state index >= 15 is 0 Å². The van der Waals surface area contributed by atoms with Crippen LogP contribution in [0.2, 0.25) is 0 Å². The number of amides is 1. The molecule has 0 bridgehead atoms. The summed E-state index contributed by atoms with van der Waals surface area (Å²) in [5.74, 6) is -0.550. The maximum absolute atomic E-state index is 12.9. The van der Waals surface area contributed by atoms with E-state index in [0.29, 0.717) is 5.92 Å². The predicted octanol–water partition coefficient (Wildman–Crippen LogP) is 1.77. The van der Waals surface area contributed by atoms with Crippen molar-refractivity contribution in [3.05, 3.63) is 29.8 Å². The highest BCUT2D eigenvalue weighted by molar-refractivity contribution is 5.92. The Morgan fingerprint density at radius 2 is 2.22 bits per heavy atom. The SMILES string of the molecule is CC(NC(=O)c1cccc(F)n1)C1CCOCC1. The molecule has 1 aliphatic heterocycles. The van der Waals surface area contributed by atoms with Crippen molar-refractivity contribution in [2.75, 3.05) is 13.2 Å². The molecule has 1 N–H and O–H groups in total. The van der Waals surface area contributed by atoms with Gasteiger partial charge < -0.3 is 10.1 Å². The number of hydrogen-bond acceptors (Lipinski definition) is 3. The molecule has 1 fully saturated rings. The topological polar surface area (TPSA) is 51.2 Å². The Morgan fingerprint density at radius 1 is 1.50 bits per heavy atom. The van der Waals surface area contributed by atoms with E-state index in [1.165, 1.54) is 18.2 Å². The van der Waals surface area contributed by atoms with Gasteiger partial charge in [0.2, 0.25) is 5.95 Å². The van der Waals surface area contributed by atoms with Crippen LogP contribution in [0, 0.1) is 11.9 Å². The summed E-state index contributed by atoms with van der Waals surface area (Å²) in [7, 11) is 0. The lowest BCUT2D eigenvalue weighted by atomic mass is 9.93. The van der Waals surface area contributed by atoms with Gasteiger partial charge in [-0.25, -0.2) is 4.98 Å². The maximum atomic E-state index is 12.9. The van der Waals surface area contributed by atoms with E-state index in [2.05, 4.69) is 10.3 Å². The molecular weight excluding hydrogens is 235 g/mol. The van der Waals surface area contributed by atoms with Crippen LogP contribution in [-0.2, 0) is 4.74 Å². The van der Waals surface area contributed by atoms with Gasteiger partial charge >= 0.3 is 0 Å². The van der Waals surface area contributed by atoms with E-state index < -0.39 is 5.95 Å². The fourth-order valence-corrected chi connectivity index (χ4v) is 2.15. The van der Waals surface area contributed by atoms with Crippen molar-refractivity contribution in [2.45, 2.75) is 25.8 Å². The number of ether oxygens (including phenoxy) is 1. The monoisotopic (exact) mass is 252 g/mol. The van der Waals surface area contributed by atoms with Crippen molar-refractivity contribution in [3.8, 4) is 0 Å². The molecule has 1 aromatic heterocycles. The van der Waals surface area contributed by atoms with E-state index in [1.54, 1.807) is 0 Å². The molecule has 0 radical (unpaired) electrons. The van der Waals surface area contributed by atoms with Gasteiger partial charge in [-0.2, -0.15) is 4.39 Å². The van der Waals surface area contributed by atoms with Crippen LogP contribution < -0.4 is 5.32 Å². The molecule has 1 unspecified atom stereocenters. The Morgan fingerprint density at radius 3 is 2.89 bits per heavy atom. The number of nitrogens with one attached hydrogen (secondary N) is 1. The average Bonchev–Trinajstić information content (AvgIpc) is 2.39. The number of rotatable bonds is 3. The third-order valence-electron chi connectivity index (χ3n) is 3.28. The first-order valence-electron chi connectivity index (χ1n) is 6.18. The lowest BCUT2D eigenvalue weighted by Crippen LogP contribution is -2.40. The second kappa shape index (κ2) is 5.91. The molecule has 1 aliphatic rings. The number of aromatic nitrogens is 1. The quantitative estimate of drug-likeness (QED) is 0.834. The number of pyridine rings is 1. The van der Waals surface area contributed by atoms with E-state index in [4.69, 9.17) is 4.74 Å². The van der Waals surface area contributed by atoms with E-state index in [1.807, 2.05) is 6.92 Å². The Kier molecular flexibility index (Phi) is 4.25. The highest BCUT2D eigenvalue weighted by Gasteiger charge is 2.22. The minimum atomic E-state index is -0.638. The maximum Gasteiger partial charge on any atom is 0.270 e. The zero-order chi connectivity index (χ0) is 13.0. The summed E-state index contributed by atoms with van der Waals surface area (Å²) in [5, 5.41) is 2.87. The summed E-state index contributed by atoms with van der Waals surface area (Å²) >= 11 is 0. The molecule has 1 amide bonds. The summed E-state index contributed by atoms with van der Waals surface area (Å²) in [6.07, 6.45) is 1.88. The molecule has 4 nitrogen and oxygen atoms in total. The molecule has 98 valence electrons. The highest BCUT2D eigenvalue weighted by Crippen LogP contribution is 2.18. The summed E-state index contributed by atoms with van der Waals surface area (Å²) in [4.78, 5) is 15.4. The molecule has 2 heterocycles. The van der Waals surface area contributed by atoms with E-state index in [-0.39, 0.29) is 17.6 Å². The average molecular weight is 252 g/mol. The zero-order valence-corrected chi connectivity index (χ0v) is 10.4. The van der Waals surface area contributed by atoms with Gasteiger partial charge in [-0.3, -0.25) is 4.79 Å². The number of halogens is 1. The predicted molar refractivity (Wildman–Crippen MR) is 64.7 cm³/mol. The Labute approximate surface area is 106 Å². The van der Waals surface area contributed by atoms with Gasteiger partial charge in [-0.05, 0) is 37.8 Å². The molecule has 0 aromatic carbocycles. The van der Waals surface area contributed by atoms with Crippen molar-refractivity contribution in [3.63, 3.8) is 0 Å². The van der Waals surface area contributed by atoms with Crippen LogP contribution >= 0.6 is 0 Å². The summed E-state index contributed by atoms with van der Waals surface area (Å²) in [6.45, 7) is 3.44. The molecule has 0 aliphatic carbocycles. The van der Waals surface area contributed by atoms with Crippen molar-refractivity contribution < 1.29 is 13.9 Å². The van der Waals surface area contributed by atoms with Crippen LogP contribution in [0.4, 0.5) is 4.39 Å². The summed E-state index contributed by atoms with van der Waals surface area (Å²) in [6, 6.07) is 4.26. The Bertz CT molecular complexity index is 419. The smallest absolute Gasteiger partial charge is 0.270 e. The first-order chi connectivity index (χ1) is 8.66. The molecule has 1 atom stereocenters. The Hall–Kier alpha value is -1.49. The highest BCUT2D eigenvalue weighted by atomic mass is 19.1. The van der Waals surface area contributed by atoms with Gasteiger partial charge in [0.25, 0.3) is 5.91 Å². The Balaban J connectivity index is 1.94. The lowest BCUT2D eigenvalue weighted by Gasteiger charge is -2.28. The number of carbonyl (C=O) groups excluding carboxylic acids is 1. The first kappa shape index (κ1) is 13.0. The molecule has 0 spiro atoms. The minimum Gasteiger partial charge on any atom is -0.381 e. The van der Waals surface area contributed by atoms with Gasteiger partial charge in [0.05, 0.1) is 0 Å². The molecule has 1 aromatic rings. The third-order valence-corrected chi connectivity index (χ3v) is 3.28. The van der Waals surface area contributed by atoms with Crippen LogP contribution in [0.3, 0.4) is 0 Å². The molecule has 0 saturated carbocycles. The van der Waals surface area contributed by atoms with Crippen molar-refractivity contribution >= 4 is 5.91 Å². The van der Waals surface area contributed by atoms with Crippen LogP contribution in [0.15, 0.2) is 18.2 Å². The van der Waals surface area contributed by atoms with Crippen LogP contribution in [0.5, 0.6) is 0 Å². The van der Waals surface area contributed by atoms with Crippen molar-refractivity contribution in [2.24, 2.45) is 5.92 Å². The summed E-state index contributed by atoms with van der Waals surface area (Å²) < 4.78 is 18.2. The largest absolute Gasteiger partial charge is 0.381 e. The van der Waals surface area contributed by atoms with Crippen LogP contribution in [0.25, 0.3) is 0 Å².